The van der Waals surface area contributed by atoms with Crippen LogP contribution in [0.15, 0.2) is 12.3 Å². The van der Waals surface area contributed by atoms with Crippen LogP contribution in [-0.4, -0.2) is 18.1 Å². The molecule has 1 heterocycles. The van der Waals surface area contributed by atoms with Gasteiger partial charge in [0, 0.05) is 18.8 Å². The molecule has 0 aliphatic heterocycles. The average molecular weight is 192 g/mol. The number of nitrogens with one attached hydrogen (secondary N) is 1. The second-order valence-electron chi connectivity index (χ2n) is 3.59. The summed E-state index contributed by atoms with van der Waals surface area (Å²) in [5, 5.41) is 3.09. The second kappa shape index (κ2) is 3.86. The quantitative estimate of drug-likeness (QED) is 0.794. The van der Waals surface area contributed by atoms with E-state index < -0.39 is 0 Å². The summed E-state index contributed by atoms with van der Waals surface area (Å²) in [6, 6.07) is 2.03. The van der Waals surface area contributed by atoms with E-state index >= 15 is 0 Å². The van der Waals surface area contributed by atoms with E-state index in [4.69, 9.17) is 4.74 Å². The van der Waals surface area contributed by atoms with Crippen molar-refractivity contribution in [1.82, 2.24) is 4.98 Å². The van der Waals surface area contributed by atoms with Crippen molar-refractivity contribution in [2.75, 3.05) is 12.4 Å². The summed E-state index contributed by atoms with van der Waals surface area (Å²) in [6.45, 7) is 2.10. The number of hydrogen-bond donors (Lipinski definition) is 1. The molecule has 3 heteroatoms. The molecule has 1 aliphatic rings. The molecule has 1 aromatic heterocycles. The Morgan fingerprint density at radius 1 is 1.57 bits per heavy atom. The Hall–Kier alpha value is -1.25. The van der Waals surface area contributed by atoms with Gasteiger partial charge in [-0.25, -0.2) is 0 Å². The van der Waals surface area contributed by atoms with Gasteiger partial charge in [-0.05, 0) is 19.3 Å². The molecule has 1 aromatic rings. The largest absolute Gasteiger partial charge is 0.488 e. The molecule has 2 rings (SSSR count). The van der Waals surface area contributed by atoms with Gasteiger partial charge in [0.15, 0.2) is 0 Å². The minimum atomic E-state index is 0.439. The summed E-state index contributed by atoms with van der Waals surface area (Å²) < 4.78 is 5.79. The number of ether oxygens (including phenoxy) is 1. The Balaban J connectivity index is 2.21. The summed E-state index contributed by atoms with van der Waals surface area (Å²) in [7, 11) is 1.89. The van der Waals surface area contributed by atoms with Gasteiger partial charge in [-0.1, -0.05) is 6.92 Å². The molecule has 0 radical (unpaired) electrons. The van der Waals surface area contributed by atoms with Gasteiger partial charge in [-0.15, -0.1) is 0 Å². The molecule has 0 saturated heterocycles. The molecule has 1 N–H and O–H groups in total. The number of aromatic nitrogens is 1. The molecule has 76 valence electrons. The molecule has 0 spiro atoms. The molecule has 0 unspecified atom stereocenters. The maximum atomic E-state index is 5.79. The van der Waals surface area contributed by atoms with Crippen LogP contribution in [0.2, 0.25) is 0 Å². The van der Waals surface area contributed by atoms with Crippen molar-refractivity contribution in [3.8, 4) is 5.75 Å². The minimum absolute atomic E-state index is 0.439. The zero-order valence-corrected chi connectivity index (χ0v) is 8.71. The Morgan fingerprint density at radius 2 is 2.36 bits per heavy atom. The number of hydrogen-bond acceptors (Lipinski definition) is 3. The molecule has 0 aromatic carbocycles. The third-order valence-electron chi connectivity index (χ3n) is 2.37. The highest BCUT2D eigenvalue weighted by Crippen LogP contribution is 2.31. The summed E-state index contributed by atoms with van der Waals surface area (Å²) >= 11 is 0. The highest BCUT2D eigenvalue weighted by molar-refractivity contribution is 5.55. The lowest BCUT2D eigenvalue weighted by atomic mass is 10.2. The van der Waals surface area contributed by atoms with Gasteiger partial charge in [-0.3, -0.25) is 4.98 Å². The zero-order chi connectivity index (χ0) is 9.97. The maximum absolute atomic E-state index is 5.79. The van der Waals surface area contributed by atoms with Crippen LogP contribution in [0.3, 0.4) is 0 Å². The Morgan fingerprint density at radius 3 is 2.93 bits per heavy atom. The normalized spacial score (nSPS) is 15.3. The molecule has 14 heavy (non-hydrogen) atoms. The third kappa shape index (κ3) is 1.97. The summed E-state index contributed by atoms with van der Waals surface area (Å²) in [5.74, 6) is 0.946. The first-order chi connectivity index (χ1) is 6.83. The Bertz CT molecular complexity index is 321. The van der Waals surface area contributed by atoms with Gasteiger partial charge in [0.25, 0.3) is 0 Å². The molecule has 0 bridgehead atoms. The lowest BCUT2D eigenvalue weighted by Gasteiger charge is -2.10. The van der Waals surface area contributed by atoms with E-state index in [0.29, 0.717) is 6.10 Å². The van der Waals surface area contributed by atoms with Gasteiger partial charge < -0.3 is 10.1 Å². The van der Waals surface area contributed by atoms with Crippen LogP contribution < -0.4 is 10.1 Å². The average Bonchev–Trinajstić information content (AvgIpc) is 3.01. The minimum Gasteiger partial charge on any atom is -0.488 e. The number of nitrogens with zero attached hydrogens (tertiary/aromatic N) is 1. The predicted molar refractivity (Wildman–Crippen MR) is 56.8 cm³/mol. The first kappa shape index (κ1) is 9.31. The Labute approximate surface area is 84.5 Å². The maximum Gasteiger partial charge on any atom is 0.146 e. The molecule has 1 fully saturated rings. The highest BCUT2D eigenvalue weighted by Gasteiger charge is 2.24. The van der Waals surface area contributed by atoms with Gasteiger partial charge in [0.1, 0.15) is 5.75 Å². The SMILES string of the molecule is CCc1cc(OC2CC2)c(NC)cn1. The Kier molecular flexibility index (Phi) is 2.57. The smallest absolute Gasteiger partial charge is 0.146 e. The van der Waals surface area contributed by atoms with Gasteiger partial charge in [-0.2, -0.15) is 0 Å². The zero-order valence-electron chi connectivity index (χ0n) is 8.71. The van der Waals surface area contributed by atoms with Crippen LogP contribution in [-0.2, 0) is 6.42 Å². The lowest BCUT2D eigenvalue weighted by Crippen LogP contribution is -2.02. The van der Waals surface area contributed by atoms with E-state index in [-0.39, 0.29) is 0 Å². The standard InChI is InChI=1S/C11H16N2O/c1-3-8-6-11(14-9-4-5-9)10(12-2)7-13-8/h6-7,9,12H,3-5H2,1-2H3. The van der Waals surface area contributed by atoms with Crippen molar-refractivity contribution in [2.24, 2.45) is 0 Å². The van der Waals surface area contributed by atoms with E-state index in [2.05, 4.69) is 17.2 Å². The summed E-state index contributed by atoms with van der Waals surface area (Å²) in [5.41, 5.74) is 2.06. The van der Waals surface area contributed by atoms with Crippen LogP contribution in [0.1, 0.15) is 25.5 Å². The van der Waals surface area contributed by atoms with E-state index in [9.17, 15) is 0 Å². The van der Waals surface area contributed by atoms with Crippen LogP contribution in [0.25, 0.3) is 0 Å². The van der Waals surface area contributed by atoms with Crippen LogP contribution in [0, 0.1) is 0 Å². The fourth-order valence-corrected chi connectivity index (χ4v) is 1.32. The summed E-state index contributed by atoms with van der Waals surface area (Å²) in [6.07, 6.45) is 5.61. The molecule has 1 saturated carbocycles. The second-order valence-corrected chi connectivity index (χ2v) is 3.59. The van der Waals surface area contributed by atoms with Crippen molar-refractivity contribution in [3.63, 3.8) is 0 Å². The number of aryl methyl sites for hydroxylation is 1. The van der Waals surface area contributed by atoms with E-state index in [0.717, 1.165) is 23.6 Å². The highest BCUT2D eigenvalue weighted by atomic mass is 16.5. The molecule has 0 amide bonds. The lowest BCUT2D eigenvalue weighted by molar-refractivity contribution is 0.304. The number of rotatable bonds is 4. The molecular formula is C11H16N2O. The number of pyridine rings is 1. The van der Waals surface area contributed by atoms with Crippen LogP contribution in [0.4, 0.5) is 5.69 Å². The predicted octanol–water partition coefficient (Wildman–Crippen LogP) is 2.23. The molecule has 1 aliphatic carbocycles. The fourth-order valence-electron chi connectivity index (χ4n) is 1.32. The first-order valence-corrected chi connectivity index (χ1v) is 5.16. The van der Waals surface area contributed by atoms with Gasteiger partial charge in [0.05, 0.1) is 18.0 Å². The molecule has 3 nitrogen and oxygen atoms in total. The fraction of sp³-hybridized carbons (Fsp3) is 0.545. The van der Waals surface area contributed by atoms with E-state index in [1.54, 1.807) is 0 Å². The van der Waals surface area contributed by atoms with Crippen molar-refractivity contribution < 1.29 is 4.74 Å². The first-order valence-electron chi connectivity index (χ1n) is 5.16. The van der Waals surface area contributed by atoms with Crippen molar-refractivity contribution in [3.05, 3.63) is 18.0 Å². The third-order valence-corrected chi connectivity index (χ3v) is 2.37. The molecular weight excluding hydrogens is 176 g/mol. The topological polar surface area (TPSA) is 34.1 Å². The van der Waals surface area contributed by atoms with Crippen LogP contribution >= 0.6 is 0 Å². The monoisotopic (exact) mass is 192 g/mol. The van der Waals surface area contributed by atoms with E-state index in [1.807, 2.05) is 19.3 Å². The van der Waals surface area contributed by atoms with Crippen LogP contribution in [0.5, 0.6) is 5.75 Å². The van der Waals surface area contributed by atoms with Crippen molar-refractivity contribution in [2.45, 2.75) is 32.3 Å². The number of anilines is 1. The summed E-state index contributed by atoms with van der Waals surface area (Å²) in [4.78, 5) is 4.31. The molecule has 0 atom stereocenters. The van der Waals surface area contributed by atoms with Gasteiger partial charge in [0.2, 0.25) is 0 Å². The van der Waals surface area contributed by atoms with Crippen molar-refractivity contribution >= 4 is 5.69 Å². The van der Waals surface area contributed by atoms with Crippen molar-refractivity contribution in [1.29, 1.82) is 0 Å². The van der Waals surface area contributed by atoms with Gasteiger partial charge >= 0.3 is 0 Å². The van der Waals surface area contributed by atoms with E-state index in [1.165, 1.54) is 12.8 Å².